The van der Waals surface area contributed by atoms with Gasteiger partial charge in [0.2, 0.25) is 5.91 Å². The van der Waals surface area contributed by atoms with Gasteiger partial charge in [0.1, 0.15) is 43.6 Å². The summed E-state index contributed by atoms with van der Waals surface area (Å²) < 4.78 is 20.5. The topological polar surface area (TPSA) is 129 Å². The number of ether oxygens (including phenoxy) is 4. The van der Waals surface area contributed by atoms with Gasteiger partial charge >= 0.3 is 17.9 Å². The minimum absolute atomic E-state index is 0.225. The standard InChI is InChI=1S/C17H27NO9/c1-10(20)24-8-12(7-19)26-16-13(9-25-11(2)21)15(23)18(16)6-14(22)27-17(3,4)5/h12-13,16,19H,6-9H2,1-5H3/t12-,13+,16+/m1/s1. The Kier molecular flexibility index (Phi) is 8.17. The van der Waals surface area contributed by atoms with Crippen molar-refractivity contribution >= 4 is 23.8 Å². The van der Waals surface area contributed by atoms with E-state index in [-0.39, 0.29) is 19.8 Å². The lowest BCUT2D eigenvalue weighted by atomic mass is 9.96. The molecule has 0 aromatic heterocycles. The molecule has 1 rings (SSSR count). The van der Waals surface area contributed by atoms with Gasteiger partial charge in [-0.05, 0) is 20.8 Å². The molecule has 0 aromatic carbocycles. The summed E-state index contributed by atoms with van der Waals surface area (Å²) in [5.41, 5.74) is -0.721. The summed E-state index contributed by atoms with van der Waals surface area (Å²) in [5, 5.41) is 9.40. The lowest BCUT2D eigenvalue weighted by Gasteiger charge is -2.46. The van der Waals surface area contributed by atoms with E-state index < -0.39 is 54.3 Å². The van der Waals surface area contributed by atoms with E-state index in [0.717, 1.165) is 4.90 Å². The third-order valence-corrected chi connectivity index (χ3v) is 3.45. The number of aliphatic hydroxyl groups excluding tert-OH is 1. The first kappa shape index (κ1) is 22.8. The minimum Gasteiger partial charge on any atom is -0.465 e. The Bertz CT molecular complexity index is 569. The quantitative estimate of drug-likeness (QED) is 0.318. The number of aliphatic hydroxyl groups is 1. The summed E-state index contributed by atoms with van der Waals surface area (Å²) in [6.45, 7) is 6.21. The number of β-lactam (4-membered cyclic amide) rings is 1. The highest BCUT2D eigenvalue weighted by molar-refractivity contribution is 5.89. The third-order valence-electron chi connectivity index (χ3n) is 3.45. The molecule has 1 aliphatic rings. The molecule has 1 N–H and O–H groups in total. The van der Waals surface area contributed by atoms with Crippen LogP contribution < -0.4 is 0 Å². The van der Waals surface area contributed by atoms with Crippen molar-refractivity contribution in [1.29, 1.82) is 0 Å². The van der Waals surface area contributed by atoms with Crippen LogP contribution in [0.5, 0.6) is 0 Å². The van der Waals surface area contributed by atoms with Gasteiger partial charge in [-0.2, -0.15) is 0 Å². The van der Waals surface area contributed by atoms with Gasteiger partial charge in [-0.1, -0.05) is 0 Å². The number of hydrogen-bond acceptors (Lipinski definition) is 9. The molecule has 0 radical (unpaired) electrons. The van der Waals surface area contributed by atoms with Crippen LogP contribution >= 0.6 is 0 Å². The smallest absolute Gasteiger partial charge is 0.326 e. The van der Waals surface area contributed by atoms with Gasteiger partial charge in [0, 0.05) is 13.8 Å². The minimum atomic E-state index is -0.933. The number of carbonyl (C=O) groups is 4. The fourth-order valence-electron chi connectivity index (χ4n) is 2.35. The van der Waals surface area contributed by atoms with Crippen molar-refractivity contribution in [3.05, 3.63) is 0 Å². The third kappa shape index (κ3) is 7.51. The predicted octanol–water partition coefficient (Wildman–Crippen LogP) is -0.384. The molecule has 3 atom stereocenters. The van der Waals surface area contributed by atoms with Crippen molar-refractivity contribution in [3.8, 4) is 0 Å². The fourth-order valence-corrected chi connectivity index (χ4v) is 2.35. The maximum Gasteiger partial charge on any atom is 0.326 e. The molecule has 1 saturated heterocycles. The van der Waals surface area contributed by atoms with Crippen LogP contribution in [0.25, 0.3) is 0 Å². The molecule has 154 valence electrons. The van der Waals surface area contributed by atoms with Crippen molar-refractivity contribution in [3.63, 3.8) is 0 Å². The normalized spacial score (nSPS) is 20.5. The van der Waals surface area contributed by atoms with Crippen LogP contribution in [0.4, 0.5) is 0 Å². The van der Waals surface area contributed by atoms with Gasteiger partial charge in [0.05, 0.1) is 6.61 Å². The maximum atomic E-state index is 12.3. The average Bonchev–Trinajstić information content (AvgIpc) is 2.52. The SMILES string of the molecule is CC(=O)OC[C@@H](CO)O[C@H]1[C@@H](COC(C)=O)C(=O)N1CC(=O)OC(C)(C)C. The zero-order chi connectivity index (χ0) is 20.8. The van der Waals surface area contributed by atoms with E-state index in [2.05, 4.69) is 0 Å². The Morgan fingerprint density at radius 1 is 1.15 bits per heavy atom. The van der Waals surface area contributed by atoms with Gasteiger partial charge in [-0.3, -0.25) is 19.2 Å². The first-order valence-electron chi connectivity index (χ1n) is 8.50. The molecule has 10 nitrogen and oxygen atoms in total. The summed E-state index contributed by atoms with van der Waals surface area (Å²) in [4.78, 5) is 47.4. The monoisotopic (exact) mass is 389 g/mol. The average molecular weight is 389 g/mol. The largest absolute Gasteiger partial charge is 0.465 e. The lowest BCUT2D eigenvalue weighted by Crippen LogP contribution is -2.66. The van der Waals surface area contributed by atoms with E-state index in [9.17, 15) is 24.3 Å². The molecule has 1 fully saturated rings. The van der Waals surface area contributed by atoms with Gasteiger partial charge in [0.25, 0.3) is 0 Å². The van der Waals surface area contributed by atoms with E-state index in [1.54, 1.807) is 20.8 Å². The molecule has 1 amide bonds. The summed E-state index contributed by atoms with van der Waals surface area (Å²) >= 11 is 0. The summed E-state index contributed by atoms with van der Waals surface area (Å²) in [7, 11) is 0. The molecule has 1 heterocycles. The molecule has 10 heteroatoms. The second-order valence-electron chi connectivity index (χ2n) is 7.10. The fraction of sp³-hybridized carbons (Fsp3) is 0.765. The van der Waals surface area contributed by atoms with Crippen molar-refractivity contribution in [2.75, 3.05) is 26.4 Å². The molecule has 0 aliphatic carbocycles. The molecular formula is C17H27NO9. The van der Waals surface area contributed by atoms with Gasteiger partial charge in [-0.25, -0.2) is 0 Å². The number of nitrogens with zero attached hydrogens (tertiary/aromatic N) is 1. The molecule has 1 aliphatic heterocycles. The Morgan fingerprint density at radius 3 is 2.22 bits per heavy atom. The van der Waals surface area contributed by atoms with E-state index in [1.165, 1.54) is 13.8 Å². The number of likely N-dealkylation sites (tertiary alicyclic amines) is 1. The van der Waals surface area contributed by atoms with Crippen LogP contribution in [-0.4, -0.2) is 78.1 Å². The van der Waals surface area contributed by atoms with E-state index in [1.807, 2.05) is 0 Å². The van der Waals surface area contributed by atoms with Crippen molar-refractivity contribution in [2.45, 2.75) is 52.6 Å². The molecule has 0 aromatic rings. The molecule has 0 spiro atoms. The molecule has 0 saturated carbocycles. The van der Waals surface area contributed by atoms with Gasteiger partial charge < -0.3 is 29.0 Å². The number of amides is 1. The highest BCUT2D eigenvalue weighted by Crippen LogP contribution is 2.29. The zero-order valence-electron chi connectivity index (χ0n) is 16.2. The zero-order valence-corrected chi connectivity index (χ0v) is 16.2. The number of carbonyl (C=O) groups excluding carboxylic acids is 4. The summed E-state index contributed by atoms with van der Waals surface area (Å²) in [6.07, 6.45) is -1.84. The Balaban J connectivity index is 2.80. The number of rotatable bonds is 9. The second-order valence-corrected chi connectivity index (χ2v) is 7.10. The Hall–Kier alpha value is -2.20. The summed E-state index contributed by atoms with van der Waals surface area (Å²) in [6, 6.07) is 0. The first-order chi connectivity index (χ1) is 12.4. The predicted molar refractivity (Wildman–Crippen MR) is 90.1 cm³/mol. The maximum absolute atomic E-state index is 12.3. The van der Waals surface area contributed by atoms with Crippen LogP contribution in [0.1, 0.15) is 34.6 Å². The highest BCUT2D eigenvalue weighted by Gasteiger charge is 2.50. The molecule has 27 heavy (non-hydrogen) atoms. The number of hydrogen-bond donors (Lipinski definition) is 1. The molecular weight excluding hydrogens is 362 g/mol. The molecule has 0 bridgehead atoms. The van der Waals surface area contributed by atoms with Crippen LogP contribution in [0, 0.1) is 5.92 Å². The highest BCUT2D eigenvalue weighted by atomic mass is 16.6. The van der Waals surface area contributed by atoms with E-state index in [4.69, 9.17) is 18.9 Å². The summed E-state index contributed by atoms with van der Waals surface area (Å²) in [5.74, 6) is -3.02. The van der Waals surface area contributed by atoms with Crippen LogP contribution in [0.15, 0.2) is 0 Å². The van der Waals surface area contributed by atoms with E-state index >= 15 is 0 Å². The van der Waals surface area contributed by atoms with Crippen molar-refractivity contribution in [1.82, 2.24) is 4.90 Å². The first-order valence-corrected chi connectivity index (χ1v) is 8.50. The Labute approximate surface area is 157 Å². The molecule has 0 unspecified atom stereocenters. The van der Waals surface area contributed by atoms with Crippen LogP contribution in [0.3, 0.4) is 0 Å². The Morgan fingerprint density at radius 2 is 1.74 bits per heavy atom. The van der Waals surface area contributed by atoms with Gasteiger partial charge in [0.15, 0.2) is 0 Å². The van der Waals surface area contributed by atoms with Crippen molar-refractivity contribution in [2.24, 2.45) is 5.92 Å². The lowest BCUT2D eigenvalue weighted by molar-refractivity contribution is -0.222. The van der Waals surface area contributed by atoms with Crippen molar-refractivity contribution < 1.29 is 43.2 Å². The second kappa shape index (κ2) is 9.65. The van der Waals surface area contributed by atoms with Crippen LogP contribution in [0.2, 0.25) is 0 Å². The van der Waals surface area contributed by atoms with Gasteiger partial charge in [-0.15, -0.1) is 0 Å². The van der Waals surface area contributed by atoms with Crippen LogP contribution in [-0.2, 0) is 38.1 Å². The van der Waals surface area contributed by atoms with E-state index in [0.29, 0.717) is 0 Å². The number of esters is 3.